The van der Waals surface area contributed by atoms with Crippen molar-refractivity contribution in [3.05, 3.63) is 58.4 Å². The molecule has 1 atom stereocenters. The van der Waals surface area contributed by atoms with Gasteiger partial charge in [-0.05, 0) is 50.8 Å². The average Bonchev–Trinajstić information content (AvgIpc) is 3.48. The maximum Gasteiger partial charge on any atom is 0.225 e. The van der Waals surface area contributed by atoms with Crippen molar-refractivity contribution in [2.24, 2.45) is 5.92 Å². The lowest BCUT2D eigenvalue weighted by atomic mass is 10.0. The second-order valence-electron chi connectivity index (χ2n) is 9.06. The van der Waals surface area contributed by atoms with E-state index >= 15 is 0 Å². The third-order valence-corrected chi connectivity index (χ3v) is 6.75. The smallest absolute Gasteiger partial charge is 0.225 e. The Bertz CT molecular complexity index is 963. The lowest BCUT2D eigenvalue weighted by Crippen LogP contribution is -2.33. The number of likely N-dealkylation sites (tertiary alicyclic amines) is 1. The summed E-state index contributed by atoms with van der Waals surface area (Å²) in [4.78, 5) is 36.6. The summed E-state index contributed by atoms with van der Waals surface area (Å²) in [6.07, 6.45) is 5.45. The van der Waals surface area contributed by atoms with E-state index in [1.54, 1.807) is 12.1 Å². The van der Waals surface area contributed by atoms with E-state index in [1.807, 2.05) is 18.7 Å². The van der Waals surface area contributed by atoms with Crippen molar-refractivity contribution in [3.8, 4) is 0 Å². The molecule has 6 nitrogen and oxygen atoms in total. The average molecular weight is 439 g/mol. The number of nitrogens with zero attached hydrogens (tertiary/aromatic N) is 3. The highest BCUT2D eigenvalue weighted by Gasteiger charge is 2.34. The van der Waals surface area contributed by atoms with Gasteiger partial charge in [-0.2, -0.15) is 0 Å². The molecule has 1 saturated heterocycles. The molecule has 1 N–H and O–H groups in total. The lowest BCUT2D eigenvalue weighted by Gasteiger charge is -2.20. The van der Waals surface area contributed by atoms with Crippen LogP contribution in [-0.2, 0) is 22.6 Å². The molecule has 7 heteroatoms. The van der Waals surface area contributed by atoms with Gasteiger partial charge in [0.2, 0.25) is 11.8 Å². The first-order valence-corrected chi connectivity index (χ1v) is 11.5. The summed E-state index contributed by atoms with van der Waals surface area (Å²) >= 11 is 0. The molecular formula is C25H31FN4O2. The van der Waals surface area contributed by atoms with Crippen LogP contribution >= 0.6 is 0 Å². The number of benzene rings is 1. The van der Waals surface area contributed by atoms with E-state index in [1.165, 1.54) is 12.1 Å². The van der Waals surface area contributed by atoms with Crippen LogP contribution in [-0.4, -0.2) is 39.8 Å². The number of aromatic nitrogens is 2. The van der Waals surface area contributed by atoms with Crippen LogP contribution in [0.2, 0.25) is 0 Å². The quantitative estimate of drug-likeness (QED) is 0.748. The minimum atomic E-state index is -0.295. The summed E-state index contributed by atoms with van der Waals surface area (Å²) in [5, 5.41) is 2.87. The van der Waals surface area contributed by atoms with Crippen LogP contribution in [0.15, 0.2) is 24.3 Å². The Morgan fingerprint density at radius 1 is 1.06 bits per heavy atom. The van der Waals surface area contributed by atoms with Crippen molar-refractivity contribution in [2.45, 2.75) is 64.8 Å². The number of amides is 2. The molecule has 0 unspecified atom stereocenters. The first kappa shape index (κ1) is 22.4. The van der Waals surface area contributed by atoms with E-state index in [0.717, 1.165) is 67.0 Å². The van der Waals surface area contributed by atoms with E-state index in [0.29, 0.717) is 19.0 Å². The number of aryl methyl sites for hydroxylation is 2. The molecule has 1 aliphatic carbocycles. The van der Waals surface area contributed by atoms with Gasteiger partial charge in [-0.1, -0.05) is 25.0 Å². The fourth-order valence-corrected chi connectivity index (χ4v) is 4.83. The summed E-state index contributed by atoms with van der Waals surface area (Å²) in [6, 6.07) is 6.08. The predicted molar refractivity (Wildman–Crippen MR) is 119 cm³/mol. The van der Waals surface area contributed by atoms with Crippen molar-refractivity contribution in [2.75, 3.05) is 13.1 Å². The van der Waals surface area contributed by atoms with Gasteiger partial charge in [0, 0.05) is 48.4 Å². The van der Waals surface area contributed by atoms with Crippen LogP contribution < -0.4 is 5.32 Å². The highest BCUT2D eigenvalue weighted by Crippen LogP contribution is 2.31. The third-order valence-electron chi connectivity index (χ3n) is 6.75. The minimum absolute atomic E-state index is 0.119. The molecule has 2 aliphatic rings. The van der Waals surface area contributed by atoms with Gasteiger partial charge in [-0.25, -0.2) is 14.4 Å². The summed E-state index contributed by atoms with van der Waals surface area (Å²) in [5.74, 6) is 1.01. The first-order valence-electron chi connectivity index (χ1n) is 11.5. The zero-order chi connectivity index (χ0) is 22.7. The largest absolute Gasteiger partial charge is 0.352 e. The molecule has 1 aromatic heterocycles. The molecule has 1 saturated carbocycles. The molecule has 32 heavy (non-hydrogen) atoms. The van der Waals surface area contributed by atoms with E-state index in [4.69, 9.17) is 9.97 Å². The first-order chi connectivity index (χ1) is 15.4. The third kappa shape index (κ3) is 5.14. The van der Waals surface area contributed by atoms with Gasteiger partial charge in [0.15, 0.2) is 0 Å². The number of nitrogens with one attached hydrogen (secondary N) is 1. The zero-order valence-corrected chi connectivity index (χ0v) is 18.9. The topological polar surface area (TPSA) is 75.2 Å². The SMILES string of the molecule is Cc1nc([C@H]2CCN(C(=O)C3CCCC3)C2)nc(C)c1CC(=O)NCc1ccc(F)cc1. The molecular weight excluding hydrogens is 407 g/mol. The van der Waals surface area contributed by atoms with Gasteiger partial charge < -0.3 is 10.2 Å². The zero-order valence-electron chi connectivity index (χ0n) is 18.9. The highest BCUT2D eigenvalue weighted by molar-refractivity contribution is 5.80. The van der Waals surface area contributed by atoms with Gasteiger partial charge >= 0.3 is 0 Å². The van der Waals surface area contributed by atoms with Gasteiger partial charge in [0.25, 0.3) is 0 Å². The summed E-state index contributed by atoms with van der Waals surface area (Å²) in [6.45, 7) is 5.64. The molecule has 2 heterocycles. The van der Waals surface area contributed by atoms with Crippen LogP contribution in [0, 0.1) is 25.6 Å². The second kappa shape index (κ2) is 9.76. The van der Waals surface area contributed by atoms with E-state index in [2.05, 4.69) is 5.32 Å². The molecule has 170 valence electrons. The molecule has 2 fully saturated rings. The number of hydrogen-bond donors (Lipinski definition) is 1. The number of rotatable bonds is 6. The van der Waals surface area contributed by atoms with Crippen LogP contribution in [0.3, 0.4) is 0 Å². The van der Waals surface area contributed by atoms with E-state index in [-0.39, 0.29) is 30.0 Å². The minimum Gasteiger partial charge on any atom is -0.352 e. The Hall–Kier alpha value is -2.83. The lowest BCUT2D eigenvalue weighted by molar-refractivity contribution is -0.134. The van der Waals surface area contributed by atoms with Crippen molar-refractivity contribution in [1.29, 1.82) is 0 Å². The number of halogens is 1. The van der Waals surface area contributed by atoms with Crippen LogP contribution in [0.1, 0.15) is 66.4 Å². The Labute approximate surface area is 188 Å². The molecule has 2 aromatic rings. The maximum absolute atomic E-state index is 13.0. The van der Waals surface area contributed by atoms with Gasteiger partial charge in [-0.3, -0.25) is 9.59 Å². The van der Waals surface area contributed by atoms with Gasteiger partial charge in [0.05, 0.1) is 6.42 Å². The normalized spacial score (nSPS) is 18.8. The van der Waals surface area contributed by atoms with Crippen LogP contribution in [0.4, 0.5) is 4.39 Å². The molecule has 2 amide bonds. The maximum atomic E-state index is 13.0. The van der Waals surface area contributed by atoms with Crippen molar-refractivity contribution >= 4 is 11.8 Å². The standard InChI is InChI=1S/C25H31FN4O2/c1-16-22(13-23(31)27-14-18-7-9-21(26)10-8-18)17(2)29-24(28-16)20-11-12-30(15-20)25(32)19-5-3-4-6-19/h7-10,19-20H,3-6,11-15H2,1-2H3,(H,27,31)/t20-/m0/s1. The Balaban J connectivity index is 1.36. The fourth-order valence-electron chi connectivity index (χ4n) is 4.83. The summed E-state index contributed by atoms with van der Waals surface area (Å²) < 4.78 is 13.0. The van der Waals surface area contributed by atoms with Gasteiger partial charge in [0.1, 0.15) is 11.6 Å². The van der Waals surface area contributed by atoms with Gasteiger partial charge in [-0.15, -0.1) is 0 Å². The van der Waals surface area contributed by atoms with Crippen LogP contribution in [0.5, 0.6) is 0 Å². The molecule has 1 aromatic carbocycles. The number of carbonyl (C=O) groups is 2. The second-order valence-corrected chi connectivity index (χ2v) is 9.06. The molecule has 0 spiro atoms. The summed E-state index contributed by atoms with van der Waals surface area (Å²) in [7, 11) is 0. The molecule has 0 bridgehead atoms. The monoisotopic (exact) mass is 438 g/mol. The van der Waals surface area contributed by atoms with Crippen molar-refractivity contribution in [3.63, 3.8) is 0 Å². The number of hydrogen-bond acceptors (Lipinski definition) is 4. The van der Waals surface area contributed by atoms with Crippen molar-refractivity contribution in [1.82, 2.24) is 20.2 Å². The van der Waals surface area contributed by atoms with E-state index in [9.17, 15) is 14.0 Å². The highest BCUT2D eigenvalue weighted by atomic mass is 19.1. The predicted octanol–water partition coefficient (Wildman–Crippen LogP) is 3.60. The number of carbonyl (C=O) groups excluding carboxylic acids is 2. The fraction of sp³-hybridized carbons (Fsp3) is 0.520. The Morgan fingerprint density at radius 2 is 1.72 bits per heavy atom. The molecule has 0 radical (unpaired) electrons. The van der Waals surface area contributed by atoms with E-state index < -0.39 is 0 Å². The molecule has 4 rings (SSSR count). The Kier molecular flexibility index (Phi) is 6.82. The summed E-state index contributed by atoms with van der Waals surface area (Å²) in [5.41, 5.74) is 3.30. The Morgan fingerprint density at radius 3 is 2.38 bits per heavy atom. The van der Waals surface area contributed by atoms with Crippen LogP contribution in [0.25, 0.3) is 0 Å². The molecule has 1 aliphatic heterocycles. The van der Waals surface area contributed by atoms with Crippen molar-refractivity contribution < 1.29 is 14.0 Å².